The van der Waals surface area contributed by atoms with Crippen LogP contribution in [0.4, 0.5) is 0 Å². The molecule has 0 bridgehead atoms. The lowest BCUT2D eigenvalue weighted by molar-refractivity contribution is 0.310. The van der Waals surface area contributed by atoms with Gasteiger partial charge < -0.3 is 10.1 Å². The molecule has 0 aliphatic carbocycles. The van der Waals surface area contributed by atoms with E-state index in [0.717, 1.165) is 18.8 Å². The maximum atomic E-state index is 5.94. The molecule has 1 aromatic carbocycles. The van der Waals surface area contributed by atoms with E-state index in [9.17, 15) is 0 Å². The quantitative estimate of drug-likeness (QED) is 0.831. The topological polar surface area (TPSA) is 21.3 Å². The molecule has 1 aromatic heterocycles. The van der Waals surface area contributed by atoms with Gasteiger partial charge in [-0.2, -0.15) is 0 Å². The van der Waals surface area contributed by atoms with Crippen molar-refractivity contribution in [2.24, 2.45) is 0 Å². The first-order chi connectivity index (χ1) is 9.19. The summed E-state index contributed by atoms with van der Waals surface area (Å²) in [5, 5.41) is 4.35. The molecule has 0 aliphatic heterocycles. The number of hydrogen-bond donors (Lipinski definition) is 1. The minimum Gasteiger partial charge on any atom is -0.488 e. The van der Waals surface area contributed by atoms with Crippen LogP contribution in [0.15, 0.2) is 30.3 Å². The predicted molar refractivity (Wildman–Crippen MR) is 82.5 cm³/mol. The average molecular weight is 316 g/mol. The summed E-state index contributed by atoms with van der Waals surface area (Å²) in [7, 11) is 0. The van der Waals surface area contributed by atoms with Gasteiger partial charge in [-0.05, 0) is 30.8 Å². The first-order valence-corrected chi connectivity index (χ1v) is 7.62. The van der Waals surface area contributed by atoms with Crippen LogP contribution < -0.4 is 10.1 Å². The second kappa shape index (κ2) is 7.15. The van der Waals surface area contributed by atoms with Gasteiger partial charge in [0.1, 0.15) is 12.4 Å². The summed E-state index contributed by atoms with van der Waals surface area (Å²) in [6.07, 6.45) is 0. The Morgan fingerprint density at radius 1 is 1.11 bits per heavy atom. The number of hydrogen-bond acceptors (Lipinski definition) is 3. The summed E-state index contributed by atoms with van der Waals surface area (Å²) < 4.78 is 5.69. The van der Waals surface area contributed by atoms with Crippen molar-refractivity contribution < 1.29 is 4.74 Å². The van der Waals surface area contributed by atoms with Crippen molar-refractivity contribution >= 4 is 34.5 Å². The van der Waals surface area contributed by atoms with Crippen molar-refractivity contribution in [2.45, 2.75) is 20.1 Å². The molecule has 0 atom stereocenters. The van der Waals surface area contributed by atoms with Gasteiger partial charge in [0, 0.05) is 22.4 Å². The molecule has 0 radical (unpaired) electrons. The standard InChI is InChI=1S/C14H15Cl2NOS/c1-2-17-8-11-4-5-12(19-11)9-18-10-3-6-13(15)14(16)7-10/h3-7,17H,2,8-9H2,1H3. The molecule has 0 saturated carbocycles. The predicted octanol–water partition coefficient (Wildman–Crippen LogP) is 4.74. The van der Waals surface area contributed by atoms with Gasteiger partial charge in [-0.15, -0.1) is 11.3 Å². The fraction of sp³-hybridized carbons (Fsp3) is 0.286. The molecule has 102 valence electrons. The molecular weight excluding hydrogens is 301 g/mol. The van der Waals surface area contributed by atoms with Gasteiger partial charge in [0.15, 0.2) is 0 Å². The molecule has 0 fully saturated rings. The average Bonchev–Trinajstić information content (AvgIpc) is 2.86. The monoisotopic (exact) mass is 315 g/mol. The molecule has 2 nitrogen and oxygen atoms in total. The number of benzene rings is 1. The van der Waals surface area contributed by atoms with Gasteiger partial charge in [0.25, 0.3) is 0 Å². The molecule has 2 aromatic rings. The first kappa shape index (κ1) is 14.7. The Morgan fingerprint density at radius 2 is 1.89 bits per heavy atom. The van der Waals surface area contributed by atoms with E-state index in [1.165, 1.54) is 9.75 Å². The summed E-state index contributed by atoms with van der Waals surface area (Å²) in [6.45, 7) is 4.54. The van der Waals surface area contributed by atoms with Gasteiger partial charge in [-0.3, -0.25) is 0 Å². The Balaban J connectivity index is 1.91. The van der Waals surface area contributed by atoms with Crippen molar-refractivity contribution in [2.75, 3.05) is 6.54 Å². The number of thiophene rings is 1. The smallest absolute Gasteiger partial charge is 0.122 e. The summed E-state index contributed by atoms with van der Waals surface area (Å²) in [4.78, 5) is 2.51. The third-order valence-electron chi connectivity index (χ3n) is 2.54. The van der Waals surface area contributed by atoms with E-state index < -0.39 is 0 Å². The van der Waals surface area contributed by atoms with Crippen LogP contribution in [-0.4, -0.2) is 6.54 Å². The maximum Gasteiger partial charge on any atom is 0.122 e. The maximum absolute atomic E-state index is 5.94. The van der Waals surface area contributed by atoms with Crippen molar-refractivity contribution in [1.82, 2.24) is 5.32 Å². The minimum absolute atomic E-state index is 0.512. The van der Waals surface area contributed by atoms with Crippen molar-refractivity contribution in [3.63, 3.8) is 0 Å². The molecule has 1 N–H and O–H groups in total. The highest BCUT2D eigenvalue weighted by Gasteiger charge is 2.03. The Labute approximate surface area is 127 Å². The highest BCUT2D eigenvalue weighted by Crippen LogP contribution is 2.27. The zero-order chi connectivity index (χ0) is 13.7. The minimum atomic E-state index is 0.512. The van der Waals surface area contributed by atoms with Crippen LogP contribution in [0.25, 0.3) is 0 Å². The summed E-state index contributed by atoms with van der Waals surface area (Å²) in [6, 6.07) is 9.51. The van der Waals surface area contributed by atoms with E-state index in [-0.39, 0.29) is 0 Å². The Morgan fingerprint density at radius 3 is 2.63 bits per heavy atom. The third kappa shape index (κ3) is 4.39. The zero-order valence-electron chi connectivity index (χ0n) is 10.6. The van der Waals surface area contributed by atoms with E-state index in [1.807, 2.05) is 6.07 Å². The second-order valence-electron chi connectivity index (χ2n) is 4.01. The summed E-state index contributed by atoms with van der Waals surface area (Å²) in [5.41, 5.74) is 0. The van der Waals surface area contributed by atoms with E-state index in [1.54, 1.807) is 23.5 Å². The third-order valence-corrected chi connectivity index (χ3v) is 4.34. The van der Waals surface area contributed by atoms with E-state index in [2.05, 4.69) is 24.4 Å². The number of ether oxygens (including phenoxy) is 1. The Bertz CT molecular complexity index is 542. The molecule has 0 aliphatic rings. The highest BCUT2D eigenvalue weighted by atomic mass is 35.5. The van der Waals surface area contributed by atoms with E-state index >= 15 is 0 Å². The normalized spacial score (nSPS) is 10.7. The Hall–Kier alpha value is -0.740. The SMILES string of the molecule is CCNCc1ccc(COc2ccc(Cl)c(Cl)c2)s1. The summed E-state index contributed by atoms with van der Waals surface area (Å²) in [5.74, 6) is 0.732. The number of halogens is 2. The van der Waals surface area contributed by atoms with Crippen LogP contribution in [0, 0.1) is 0 Å². The zero-order valence-corrected chi connectivity index (χ0v) is 12.9. The van der Waals surface area contributed by atoms with Crippen LogP contribution in [0.1, 0.15) is 16.7 Å². The van der Waals surface area contributed by atoms with Crippen LogP contribution in [0.3, 0.4) is 0 Å². The lowest BCUT2D eigenvalue weighted by atomic mass is 10.3. The molecule has 1 heterocycles. The fourth-order valence-electron chi connectivity index (χ4n) is 1.56. The Kier molecular flexibility index (Phi) is 5.52. The number of rotatable bonds is 6. The lowest BCUT2D eigenvalue weighted by Gasteiger charge is -2.05. The molecule has 5 heteroatoms. The van der Waals surface area contributed by atoms with Crippen LogP contribution >= 0.6 is 34.5 Å². The van der Waals surface area contributed by atoms with Gasteiger partial charge >= 0.3 is 0 Å². The van der Waals surface area contributed by atoms with Gasteiger partial charge in [0.05, 0.1) is 10.0 Å². The largest absolute Gasteiger partial charge is 0.488 e. The molecular formula is C14H15Cl2NOS. The van der Waals surface area contributed by atoms with E-state index in [0.29, 0.717) is 16.7 Å². The van der Waals surface area contributed by atoms with Gasteiger partial charge in [-0.25, -0.2) is 0 Å². The lowest BCUT2D eigenvalue weighted by Crippen LogP contribution is -2.10. The van der Waals surface area contributed by atoms with Crippen molar-refractivity contribution in [1.29, 1.82) is 0 Å². The molecule has 0 saturated heterocycles. The molecule has 0 amide bonds. The van der Waals surface area contributed by atoms with Crippen molar-refractivity contribution in [3.8, 4) is 5.75 Å². The second-order valence-corrected chi connectivity index (χ2v) is 6.08. The van der Waals surface area contributed by atoms with Crippen LogP contribution in [-0.2, 0) is 13.2 Å². The van der Waals surface area contributed by atoms with Crippen molar-refractivity contribution in [3.05, 3.63) is 50.1 Å². The number of nitrogens with one attached hydrogen (secondary N) is 1. The molecule has 19 heavy (non-hydrogen) atoms. The molecule has 2 rings (SSSR count). The summed E-state index contributed by atoms with van der Waals surface area (Å²) >= 11 is 13.5. The van der Waals surface area contributed by atoms with Gasteiger partial charge in [-0.1, -0.05) is 30.1 Å². The highest BCUT2D eigenvalue weighted by molar-refractivity contribution is 7.11. The molecule has 0 unspecified atom stereocenters. The van der Waals surface area contributed by atoms with Gasteiger partial charge in [0.2, 0.25) is 0 Å². The fourth-order valence-corrected chi connectivity index (χ4v) is 2.75. The van der Waals surface area contributed by atoms with Crippen LogP contribution in [0.2, 0.25) is 10.0 Å². The van der Waals surface area contributed by atoms with E-state index in [4.69, 9.17) is 27.9 Å². The molecule has 0 spiro atoms. The first-order valence-electron chi connectivity index (χ1n) is 6.05. The van der Waals surface area contributed by atoms with Crippen LogP contribution in [0.5, 0.6) is 5.75 Å².